The Bertz CT molecular complexity index is 252. The number of nitrogens with one attached hydrogen (secondary N) is 1. The van der Waals surface area contributed by atoms with Gasteiger partial charge in [-0.1, -0.05) is 6.07 Å². The normalized spacial score (nSPS) is 10.3. The van der Waals surface area contributed by atoms with Gasteiger partial charge in [0, 0.05) is 4.90 Å². The zero-order chi connectivity index (χ0) is 9.52. The van der Waals surface area contributed by atoms with Crippen LogP contribution >= 0.6 is 11.8 Å². The van der Waals surface area contributed by atoms with Gasteiger partial charge in [0.15, 0.2) is 0 Å². The SMILES string of the molecule is CNCCCSc1cccc(F)c1. The molecule has 0 unspecified atom stereocenters. The highest BCUT2D eigenvalue weighted by molar-refractivity contribution is 7.99. The van der Waals surface area contributed by atoms with Crippen LogP contribution in [0, 0.1) is 5.82 Å². The molecule has 0 atom stereocenters. The van der Waals surface area contributed by atoms with E-state index in [9.17, 15) is 4.39 Å². The molecular formula is C10H14FNS. The van der Waals surface area contributed by atoms with E-state index in [2.05, 4.69) is 5.32 Å². The number of thioether (sulfide) groups is 1. The second-order valence-electron chi connectivity index (χ2n) is 2.76. The van der Waals surface area contributed by atoms with Gasteiger partial charge in [-0.3, -0.25) is 0 Å². The first-order valence-corrected chi connectivity index (χ1v) is 5.34. The summed E-state index contributed by atoms with van der Waals surface area (Å²) in [5.74, 6) is 0.878. The molecule has 13 heavy (non-hydrogen) atoms. The van der Waals surface area contributed by atoms with E-state index in [0.29, 0.717) is 0 Å². The summed E-state index contributed by atoms with van der Waals surface area (Å²) < 4.78 is 12.7. The van der Waals surface area contributed by atoms with Gasteiger partial charge in [0.05, 0.1) is 0 Å². The number of hydrogen-bond donors (Lipinski definition) is 1. The summed E-state index contributed by atoms with van der Waals surface area (Å²) in [6.07, 6.45) is 1.11. The maximum Gasteiger partial charge on any atom is 0.124 e. The van der Waals surface area contributed by atoms with Crippen molar-refractivity contribution in [2.75, 3.05) is 19.3 Å². The molecule has 0 aliphatic carbocycles. The van der Waals surface area contributed by atoms with Gasteiger partial charge in [0.1, 0.15) is 5.82 Å². The fourth-order valence-electron chi connectivity index (χ4n) is 0.996. The fraction of sp³-hybridized carbons (Fsp3) is 0.400. The average molecular weight is 199 g/mol. The lowest BCUT2D eigenvalue weighted by molar-refractivity contribution is 0.624. The lowest BCUT2D eigenvalue weighted by atomic mass is 10.4. The standard InChI is InChI=1S/C10H14FNS/c1-12-6-3-7-13-10-5-2-4-9(11)8-10/h2,4-5,8,12H,3,6-7H2,1H3. The lowest BCUT2D eigenvalue weighted by Gasteiger charge is -2.00. The molecule has 1 aromatic rings. The van der Waals surface area contributed by atoms with Crippen LogP contribution in [0.4, 0.5) is 4.39 Å². The highest BCUT2D eigenvalue weighted by Gasteiger charge is 1.95. The van der Waals surface area contributed by atoms with E-state index in [0.717, 1.165) is 23.6 Å². The molecule has 0 saturated carbocycles. The summed E-state index contributed by atoms with van der Waals surface area (Å²) in [5, 5.41) is 3.08. The summed E-state index contributed by atoms with van der Waals surface area (Å²) in [6.45, 7) is 1.02. The van der Waals surface area contributed by atoms with Crippen LogP contribution in [0.25, 0.3) is 0 Å². The lowest BCUT2D eigenvalue weighted by Crippen LogP contribution is -2.07. The average Bonchev–Trinajstić information content (AvgIpc) is 2.13. The Labute approximate surface area is 82.7 Å². The Kier molecular flexibility index (Phi) is 4.86. The van der Waals surface area contributed by atoms with E-state index in [4.69, 9.17) is 0 Å². The highest BCUT2D eigenvalue weighted by atomic mass is 32.2. The Morgan fingerprint density at radius 3 is 3.00 bits per heavy atom. The third-order valence-electron chi connectivity index (χ3n) is 1.64. The van der Waals surface area contributed by atoms with Gasteiger partial charge >= 0.3 is 0 Å². The first-order valence-electron chi connectivity index (χ1n) is 4.36. The van der Waals surface area contributed by atoms with Crippen LogP contribution in [0.1, 0.15) is 6.42 Å². The summed E-state index contributed by atoms with van der Waals surface area (Å²) in [7, 11) is 1.94. The van der Waals surface area contributed by atoms with Gasteiger partial charge in [-0.05, 0) is 44.0 Å². The van der Waals surface area contributed by atoms with Crippen molar-refractivity contribution in [3.05, 3.63) is 30.1 Å². The van der Waals surface area contributed by atoms with Crippen LogP contribution < -0.4 is 5.32 Å². The predicted octanol–water partition coefficient (Wildman–Crippen LogP) is 2.53. The molecule has 1 rings (SSSR count). The van der Waals surface area contributed by atoms with E-state index < -0.39 is 0 Å². The maximum absolute atomic E-state index is 12.7. The number of halogens is 1. The van der Waals surface area contributed by atoms with Gasteiger partial charge in [-0.2, -0.15) is 0 Å². The summed E-state index contributed by atoms with van der Waals surface area (Å²) >= 11 is 1.69. The number of benzene rings is 1. The van der Waals surface area contributed by atoms with Crippen LogP contribution in [-0.4, -0.2) is 19.3 Å². The molecule has 0 aromatic heterocycles. The Morgan fingerprint density at radius 2 is 2.31 bits per heavy atom. The van der Waals surface area contributed by atoms with Crippen molar-refractivity contribution in [1.82, 2.24) is 5.32 Å². The molecule has 0 bridgehead atoms. The van der Waals surface area contributed by atoms with Gasteiger partial charge in [-0.15, -0.1) is 11.8 Å². The van der Waals surface area contributed by atoms with E-state index in [1.807, 2.05) is 13.1 Å². The van der Waals surface area contributed by atoms with Gasteiger partial charge in [0.25, 0.3) is 0 Å². The van der Waals surface area contributed by atoms with Crippen molar-refractivity contribution in [3.63, 3.8) is 0 Å². The Hall–Kier alpha value is -0.540. The molecule has 1 nitrogen and oxygen atoms in total. The molecule has 0 spiro atoms. The van der Waals surface area contributed by atoms with Crippen molar-refractivity contribution in [2.45, 2.75) is 11.3 Å². The summed E-state index contributed by atoms with van der Waals surface area (Å²) in [5.41, 5.74) is 0. The quantitative estimate of drug-likeness (QED) is 0.577. The Morgan fingerprint density at radius 1 is 1.46 bits per heavy atom. The second kappa shape index (κ2) is 6.00. The zero-order valence-corrected chi connectivity index (χ0v) is 8.53. The smallest absolute Gasteiger partial charge is 0.124 e. The van der Waals surface area contributed by atoms with Crippen molar-refractivity contribution < 1.29 is 4.39 Å². The van der Waals surface area contributed by atoms with Crippen molar-refractivity contribution in [1.29, 1.82) is 0 Å². The van der Waals surface area contributed by atoms with Crippen LogP contribution in [0.15, 0.2) is 29.2 Å². The minimum absolute atomic E-state index is 0.154. The van der Waals surface area contributed by atoms with Gasteiger partial charge in [0.2, 0.25) is 0 Å². The molecule has 0 radical (unpaired) electrons. The predicted molar refractivity (Wildman–Crippen MR) is 55.7 cm³/mol. The van der Waals surface area contributed by atoms with Crippen molar-refractivity contribution >= 4 is 11.8 Å². The van der Waals surface area contributed by atoms with Crippen molar-refractivity contribution in [3.8, 4) is 0 Å². The van der Waals surface area contributed by atoms with E-state index in [-0.39, 0.29) is 5.82 Å². The molecule has 0 heterocycles. The van der Waals surface area contributed by atoms with Crippen LogP contribution in [0.2, 0.25) is 0 Å². The first kappa shape index (κ1) is 10.5. The molecule has 0 aliphatic rings. The molecular weight excluding hydrogens is 185 g/mol. The van der Waals surface area contributed by atoms with Crippen LogP contribution in [0.5, 0.6) is 0 Å². The molecule has 0 aliphatic heterocycles. The largest absolute Gasteiger partial charge is 0.320 e. The van der Waals surface area contributed by atoms with Crippen LogP contribution in [0.3, 0.4) is 0 Å². The maximum atomic E-state index is 12.7. The van der Waals surface area contributed by atoms with E-state index >= 15 is 0 Å². The Balaban J connectivity index is 2.28. The molecule has 3 heteroatoms. The van der Waals surface area contributed by atoms with E-state index in [1.165, 1.54) is 6.07 Å². The molecule has 72 valence electrons. The van der Waals surface area contributed by atoms with Gasteiger partial charge < -0.3 is 5.32 Å². The second-order valence-corrected chi connectivity index (χ2v) is 3.93. The molecule has 1 N–H and O–H groups in total. The monoisotopic (exact) mass is 199 g/mol. The molecule has 0 saturated heterocycles. The molecule has 0 fully saturated rings. The first-order chi connectivity index (χ1) is 6.33. The highest BCUT2D eigenvalue weighted by Crippen LogP contribution is 2.18. The van der Waals surface area contributed by atoms with Crippen molar-refractivity contribution in [2.24, 2.45) is 0 Å². The van der Waals surface area contributed by atoms with Gasteiger partial charge in [-0.25, -0.2) is 4.39 Å². The van der Waals surface area contributed by atoms with E-state index in [1.54, 1.807) is 23.9 Å². The zero-order valence-electron chi connectivity index (χ0n) is 7.72. The summed E-state index contributed by atoms with van der Waals surface area (Å²) in [4.78, 5) is 1.01. The minimum Gasteiger partial charge on any atom is -0.320 e. The third-order valence-corrected chi connectivity index (χ3v) is 2.72. The minimum atomic E-state index is -0.154. The molecule has 0 amide bonds. The fourth-order valence-corrected chi connectivity index (χ4v) is 1.89. The number of hydrogen-bond acceptors (Lipinski definition) is 2. The topological polar surface area (TPSA) is 12.0 Å². The van der Waals surface area contributed by atoms with Crippen LogP contribution in [-0.2, 0) is 0 Å². The molecule has 1 aromatic carbocycles. The number of rotatable bonds is 5. The third kappa shape index (κ3) is 4.29. The summed E-state index contributed by atoms with van der Waals surface area (Å²) in [6, 6.07) is 6.73.